The largest absolute Gasteiger partial charge is 0.346 e. The topological polar surface area (TPSA) is 66.1 Å². The molecule has 0 unspecified atom stereocenters. The SMILES string of the molecule is O=C1CC(=Cc2c[nH]c3ncccc23)C(=O)N1Cc1ccccc1. The third-order valence-corrected chi connectivity index (χ3v) is 4.16. The van der Waals surface area contributed by atoms with Gasteiger partial charge in [0.05, 0.1) is 13.0 Å². The van der Waals surface area contributed by atoms with Crippen LogP contribution in [0.15, 0.2) is 60.4 Å². The summed E-state index contributed by atoms with van der Waals surface area (Å²) >= 11 is 0. The number of rotatable bonds is 3. The zero-order valence-corrected chi connectivity index (χ0v) is 12.9. The number of carbonyl (C=O) groups is 2. The number of aromatic amines is 1. The van der Waals surface area contributed by atoms with Crippen LogP contribution in [0, 0.1) is 0 Å². The van der Waals surface area contributed by atoms with E-state index in [0.29, 0.717) is 12.1 Å². The predicted octanol–water partition coefficient (Wildman–Crippen LogP) is 2.91. The van der Waals surface area contributed by atoms with Crippen molar-refractivity contribution in [2.45, 2.75) is 13.0 Å². The maximum absolute atomic E-state index is 12.6. The highest BCUT2D eigenvalue weighted by molar-refractivity contribution is 6.16. The number of likely N-dealkylation sites (tertiary alicyclic amines) is 1. The first-order valence-electron chi connectivity index (χ1n) is 7.73. The molecule has 2 amide bonds. The smallest absolute Gasteiger partial charge is 0.257 e. The van der Waals surface area contributed by atoms with E-state index in [2.05, 4.69) is 9.97 Å². The molecule has 4 rings (SSSR count). The second-order valence-electron chi connectivity index (χ2n) is 5.76. The minimum Gasteiger partial charge on any atom is -0.346 e. The van der Waals surface area contributed by atoms with Gasteiger partial charge >= 0.3 is 0 Å². The molecule has 5 heteroatoms. The van der Waals surface area contributed by atoms with E-state index in [-0.39, 0.29) is 18.2 Å². The molecule has 2 aromatic heterocycles. The zero-order valence-electron chi connectivity index (χ0n) is 12.9. The number of nitrogens with one attached hydrogen (secondary N) is 1. The Balaban J connectivity index is 1.63. The fourth-order valence-electron chi connectivity index (χ4n) is 2.94. The van der Waals surface area contributed by atoms with Gasteiger partial charge in [0.1, 0.15) is 5.65 Å². The highest BCUT2D eigenvalue weighted by Crippen LogP contribution is 2.26. The van der Waals surface area contributed by atoms with Gasteiger partial charge in [0.15, 0.2) is 0 Å². The number of H-pyrrole nitrogens is 1. The first kappa shape index (κ1) is 14.4. The quantitative estimate of drug-likeness (QED) is 0.596. The number of pyridine rings is 1. The number of fused-ring (bicyclic) bond motifs is 1. The summed E-state index contributed by atoms with van der Waals surface area (Å²) in [5.41, 5.74) is 3.09. The van der Waals surface area contributed by atoms with Crippen LogP contribution in [-0.4, -0.2) is 26.7 Å². The predicted molar refractivity (Wildman–Crippen MR) is 90.7 cm³/mol. The molecule has 1 aromatic carbocycles. The Labute approximate surface area is 138 Å². The van der Waals surface area contributed by atoms with E-state index >= 15 is 0 Å². The summed E-state index contributed by atoms with van der Waals surface area (Å²) in [6.45, 7) is 0.311. The minimum absolute atomic E-state index is 0.138. The molecule has 0 bridgehead atoms. The van der Waals surface area contributed by atoms with Gasteiger partial charge in [-0.1, -0.05) is 30.3 Å². The van der Waals surface area contributed by atoms with Crippen LogP contribution >= 0.6 is 0 Å². The Morgan fingerprint density at radius 1 is 1.12 bits per heavy atom. The molecular weight excluding hydrogens is 302 g/mol. The zero-order chi connectivity index (χ0) is 16.5. The van der Waals surface area contributed by atoms with Crippen LogP contribution in [0.4, 0.5) is 0 Å². The summed E-state index contributed by atoms with van der Waals surface area (Å²) in [6.07, 6.45) is 5.44. The molecule has 24 heavy (non-hydrogen) atoms. The number of nitrogens with zero attached hydrogens (tertiary/aromatic N) is 2. The average Bonchev–Trinajstić information content (AvgIpc) is 3.13. The third-order valence-electron chi connectivity index (χ3n) is 4.16. The van der Waals surface area contributed by atoms with Crippen LogP contribution in [0.25, 0.3) is 17.1 Å². The molecule has 0 aliphatic carbocycles. The Morgan fingerprint density at radius 3 is 2.79 bits per heavy atom. The molecule has 1 N–H and O–H groups in total. The lowest BCUT2D eigenvalue weighted by Crippen LogP contribution is -2.28. The lowest BCUT2D eigenvalue weighted by molar-refractivity contribution is -0.138. The molecule has 1 aliphatic heterocycles. The summed E-state index contributed by atoms with van der Waals surface area (Å²) < 4.78 is 0. The monoisotopic (exact) mass is 317 g/mol. The van der Waals surface area contributed by atoms with Crippen molar-refractivity contribution < 1.29 is 9.59 Å². The summed E-state index contributed by atoms with van der Waals surface area (Å²) in [4.78, 5) is 33.5. The van der Waals surface area contributed by atoms with Crippen molar-refractivity contribution in [2.75, 3.05) is 0 Å². The van der Waals surface area contributed by atoms with Crippen LogP contribution in [-0.2, 0) is 16.1 Å². The molecule has 0 atom stereocenters. The average molecular weight is 317 g/mol. The summed E-state index contributed by atoms with van der Waals surface area (Å²) in [7, 11) is 0. The lowest BCUT2D eigenvalue weighted by Gasteiger charge is -2.13. The van der Waals surface area contributed by atoms with Gasteiger partial charge in [-0.2, -0.15) is 0 Å². The van der Waals surface area contributed by atoms with Gasteiger partial charge in [-0.15, -0.1) is 0 Å². The number of hydrogen-bond donors (Lipinski definition) is 1. The van der Waals surface area contributed by atoms with Gasteiger partial charge < -0.3 is 4.98 Å². The lowest BCUT2D eigenvalue weighted by atomic mass is 10.1. The molecule has 3 aromatic rings. The summed E-state index contributed by atoms with van der Waals surface area (Å²) in [5.74, 6) is -0.379. The van der Waals surface area contributed by atoms with Gasteiger partial charge in [-0.25, -0.2) is 4.98 Å². The first-order valence-corrected chi connectivity index (χ1v) is 7.73. The van der Waals surface area contributed by atoms with Crippen molar-refractivity contribution in [3.05, 3.63) is 71.6 Å². The maximum Gasteiger partial charge on any atom is 0.257 e. The molecule has 5 nitrogen and oxygen atoms in total. The molecule has 1 aliphatic rings. The Hall–Kier alpha value is -3.21. The molecule has 0 radical (unpaired) electrons. The fraction of sp³-hybridized carbons (Fsp3) is 0.105. The number of amides is 2. The highest BCUT2D eigenvalue weighted by Gasteiger charge is 2.33. The van der Waals surface area contributed by atoms with Crippen molar-refractivity contribution in [2.24, 2.45) is 0 Å². The van der Waals surface area contributed by atoms with Crippen molar-refractivity contribution in [3.8, 4) is 0 Å². The van der Waals surface area contributed by atoms with Crippen LogP contribution in [0.2, 0.25) is 0 Å². The standard InChI is InChI=1S/C19H15N3O2/c23-17-10-14(9-15-11-21-18-16(15)7-4-8-20-18)19(24)22(17)12-13-5-2-1-3-6-13/h1-9,11H,10,12H2,(H,20,21). The van der Waals surface area contributed by atoms with Gasteiger partial charge in [0.2, 0.25) is 5.91 Å². The number of aromatic nitrogens is 2. The van der Waals surface area contributed by atoms with Crippen LogP contribution < -0.4 is 0 Å². The minimum atomic E-state index is -0.220. The fourth-order valence-corrected chi connectivity index (χ4v) is 2.94. The normalized spacial score (nSPS) is 16.5. The summed E-state index contributed by atoms with van der Waals surface area (Å²) in [5, 5.41) is 0.937. The first-order chi connectivity index (χ1) is 11.7. The molecule has 0 saturated carbocycles. The molecule has 0 spiro atoms. The molecular formula is C19H15N3O2. The van der Waals surface area contributed by atoms with E-state index in [1.54, 1.807) is 12.3 Å². The number of benzene rings is 1. The van der Waals surface area contributed by atoms with Crippen LogP contribution in [0.5, 0.6) is 0 Å². The van der Waals surface area contributed by atoms with Gasteiger partial charge in [-0.05, 0) is 23.8 Å². The van der Waals surface area contributed by atoms with Gasteiger partial charge in [0.25, 0.3) is 5.91 Å². The number of hydrogen-bond acceptors (Lipinski definition) is 3. The second-order valence-corrected chi connectivity index (χ2v) is 5.76. The van der Waals surface area contributed by atoms with E-state index in [1.165, 1.54) is 4.90 Å². The molecule has 1 fully saturated rings. The summed E-state index contributed by atoms with van der Waals surface area (Å²) in [6, 6.07) is 13.3. The molecule has 118 valence electrons. The van der Waals surface area contributed by atoms with E-state index in [1.807, 2.05) is 48.7 Å². The Morgan fingerprint density at radius 2 is 1.96 bits per heavy atom. The van der Waals surface area contributed by atoms with E-state index in [0.717, 1.165) is 22.2 Å². The highest BCUT2D eigenvalue weighted by atomic mass is 16.2. The van der Waals surface area contributed by atoms with Crippen molar-refractivity contribution in [1.82, 2.24) is 14.9 Å². The third kappa shape index (κ3) is 2.50. The van der Waals surface area contributed by atoms with E-state index in [4.69, 9.17) is 0 Å². The van der Waals surface area contributed by atoms with Crippen LogP contribution in [0.3, 0.4) is 0 Å². The second kappa shape index (κ2) is 5.77. The number of carbonyl (C=O) groups excluding carboxylic acids is 2. The van der Waals surface area contributed by atoms with Crippen molar-refractivity contribution >= 4 is 28.9 Å². The van der Waals surface area contributed by atoms with Crippen LogP contribution in [0.1, 0.15) is 17.5 Å². The van der Waals surface area contributed by atoms with Gasteiger partial charge in [0, 0.05) is 28.9 Å². The van der Waals surface area contributed by atoms with Crippen molar-refractivity contribution in [1.29, 1.82) is 0 Å². The maximum atomic E-state index is 12.6. The van der Waals surface area contributed by atoms with Crippen molar-refractivity contribution in [3.63, 3.8) is 0 Å². The van der Waals surface area contributed by atoms with E-state index < -0.39 is 0 Å². The van der Waals surface area contributed by atoms with E-state index in [9.17, 15) is 9.59 Å². The Kier molecular flexibility index (Phi) is 3.46. The Bertz CT molecular complexity index is 957. The van der Waals surface area contributed by atoms with Gasteiger partial charge in [-0.3, -0.25) is 14.5 Å². The number of imide groups is 1. The molecule has 3 heterocycles. The molecule has 1 saturated heterocycles.